The first kappa shape index (κ1) is 19.8. The van der Waals surface area contributed by atoms with Gasteiger partial charge in [-0.2, -0.15) is 13.2 Å². The van der Waals surface area contributed by atoms with Crippen LogP contribution in [-0.2, 0) is 10.9 Å². The SMILES string of the molecule is FC(F)(F)c1cc2c(N[C@H]3c4ccccc4OC[C@@H]3N3CCOC4(CC4)C3)ncnc2[nH]1. The van der Waals surface area contributed by atoms with Crippen LogP contribution < -0.4 is 10.1 Å². The molecule has 32 heavy (non-hydrogen) atoms. The number of fused-ring (bicyclic) bond motifs is 2. The minimum absolute atomic E-state index is 0.0164. The van der Waals surface area contributed by atoms with Gasteiger partial charge < -0.3 is 19.8 Å². The summed E-state index contributed by atoms with van der Waals surface area (Å²) in [5, 5.41) is 3.75. The van der Waals surface area contributed by atoms with Crippen LogP contribution in [-0.4, -0.2) is 57.8 Å². The Balaban J connectivity index is 1.38. The number of halogens is 3. The summed E-state index contributed by atoms with van der Waals surface area (Å²) >= 11 is 0. The standard InChI is InChI=1S/C22H22F3N5O2/c23-22(24,25)17-9-14-19(28-17)26-12-27-20(14)29-18-13-3-1-2-4-16(13)31-10-15(18)30-7-8-32-21(11-30)5-6-21/h1-4,9,12,15,18H,5-8,10-11H2,(H2,26,27,28,29)/t15-,18-/m0/s1. The van der Waals surface area contributed by atoms with Crippen LogP contribution in [0.3, 0.4) is 0 Å². The van der Waals surface area contributed by atoms with Gasteiger partial charge in [-0.1, -0.05) is 18.2 Å². The molecule has 1 aliphatic carbocycles. The zero-order valence-electron chi connectivity index (χ0n) is 17.2. The van der Waals surface area contributed by atoms with Gasteiger partial charge >= 0.3 is 6.18 Å². The minimum Gasteiger partial charge on any atom is -0.491 e. The van der Waals surface area contributed by atoms with Gasteiger partial charge in [0.2, 0.25) is 0 Å². The number of ether oxygens (including phenoxy) is 2. The van der Waals surface area contributed by atoms with Crippen molar-refractivity contribution in [3.63, 3.8) is 0 Å². The molecule has 3 aliphatic rings. The second kappa shape index (κ2) is 7.08. The molecular formula is C22H22F3N5O2. The third kappa shape index (κ3) is 3.38. The number of nitrogens with one attached hydrogen (secondary N) is 2. The number of hydrogen-bond acceptors (Lipinski definition) is 6. The second-order valence-electron chi connectivity index (χ2n) is 8.71. The maximum absolute atomic E-state index is 13.3. The van der Waals surface area contributed by atoms with E-state index in [0.29, 0.717) is 24.4 Å². The molecule has 0 amide bonds. The molecule has 2 aromatic heterocycles. The van der Waals surface area contributed by atoms with Gasteiger partial charge in [0, 0.05) is 18.7 Å². The summed E-state index contributed by atoms with van der Waals surface area (Å²) in [5.74, 6) is 1.13. The number of benzene rings is 1. The van der Waals surface area contributed by atoms with E-state index in [1.165, 1.54) is 6.33 Å². The van der Waals surface area contributed by atoms with Gasteiger partial charge in [0.1, 0.15) is 35.8 Å². The molecule has 0 radical (unpaired) electrons. The normalized spacial score (nSPS) is 24.8. The highest BCUT2D eigenvalue weighted by Gasteiger charge is 2.50. The lowest BCUT2D eigenvalue weighted by Gasteiger charge is -2.44. The minimum atomic E-state index is -4.49. The molecule has 2 fully saturated rings. The average molecular weight is 445 g/mol. The lowest BCUT2D eigenvalue weighted by atomic mass is 9.94. The molecule has 1 saturated heterocycles. The summed E-state index contributed by atoms with van der Waals surface area (Å²) in [6.07, 6.45) is -1.10. The first-order valence-electron chi connectivity index (χ1n) is 10.7. The van der Waals surface area contributed by atoms with E-state index >= 15 is 0 Å². The summed E-state index contributed by atoms with van der Waals surface area (Å²) in [5.41, 5.74) is 0.210. The van der Waals surface area contributed by atoms with Gasteiger partial charge in [-0.15, -0.1) is 0 Å². The third-order valence-electron chi connectivity index (χ3n) is 6.63. The van der Waals surface area contributed by atoms with E-state index in [1.54, 1.807) is 0 Å². The van der Waals surface area contributed by atoms with Crippen LogP contribution in [0.1, 0.15) is 30.1 Å². The van der Waals surface area contributed by atoms with Crippen molar-refractivity contribution in [1.82, 2.24) is 19.9 Å². The number of hydrogen-bond donors (Lipinski definition) is 2. The average Bonchev–Trinajstić information content (AvgIpc) is 3.35. The Labute approximate surface area is 181 Å². The molecule has 2 atom stereocenters. The van der Waals surface area contributed by atoms with Crippen molar-refractivity contribution in [2.75, 3.05) is 31.6 Å². The van der Waals surface area contributed by atoms with Gasteiger partial charge in [-0.25, -0.2) is 9.97 Å². The predicted octanol–water partition coefficient (Wildman–Crippen LogP) is 3.76. The molecule has 0 bridgehead atoms. The Morgan fingerprint density at radius 3 is 2.84 bits per heavy atom. The summed E-state index contributed by atoms with van der Waals surface area (Å²) < 4.78 is 51.8. The summed E-state index contributed by atoms with van der Waals surface area (Å²) in [4.78, 5) is 13.0. The molecule has 0 unspecified atom stereocenters. The number of H-pyrrole nitrogens is 1. The number of para-hydroxylation sites is 1. The van der Waals surface area contributed by atoms with E-state index in [-0.39, 0.29) is 23.3 Å². The van der Waals surface area contributed by atoms with Crippen LogP contribution in [0.5, 0.6) is 5.75 Å². The van der Waals surface area contributed by atoms with Crippen molar-refractivity contribution in [1.29, 1.82) is 0 Å². The topological polar surface area (TPSA) is 75.3 Å². The highest BCUT2D eigenvalue weighted by Crippen LogP contribution is 2.45. The van der Waals surface area contributed by atoms with E-state index < -0.39 is 11.9 Å². The summed E-state index contributed by atoms with van der Waals surface area (Å²) in [6.45, 7) is 2.73. The van der Waals surface area contributed by atoms with Crippen LogP contribution in [0.25, 0.3) is 11.0 Å². The zero-order valence-corrected chi connectivity index (χ0v) is 17.2. The zero-order chi connectivity index (χ0) is 21.9. The number of nitrogens with zero attached hydrogens (tertiary/aromatic N) is 3. The second-order valence-corrected chi connectivity index (χ2v) is 8.71. The van der Waals surface area contributed by atoms with Gasteiger partial charge in [0.25, 0.3) is 0 Å². The van der Waals surface area contributed by atoms with E-state index in [9.17, 15) is 13.2 Å². The van der Waals surface area contributed by atoms with Crippen molar-refractivity contribution in [2.24, 2.45) is 0 Å². The Morgan fingerprint density at radius 1 is 1.19 bits per heavy atom. The number of morpholine rings is 1. The van der Waals surface area contributed by atoms with E-state index in [2.05, 4.69) is 25.2 Å². The largest absolute Gasteiger partial charge is 0.491 e. The number of alkyl halides is 3. The first-order chi connectivity index (χ1) is 15.4. The number of rotatable bonds is 3. The molecule has 6 rings (SSSR count). The van der Waals surface area contributed by atoms with E-state index in [4.69, 9.17) is 9.47 Å². The van der Waals surface area contributed by atoms with Crippen molar-refractivity contribution in [3.05, 3.63) is 47.9 Å². The third-order valence-corrected chi connectivity index (χ3v) is 6.63. The van der Waals surface area contributed by atoms with Crippen LogP contribution >= 0.6 is 0 Å². The molecule has 4 heterocycles. The van der Waals surface area contributed by atoms with Crippen LogP contribution in [0.2, 0.25) is 0 Å². The van der Waals surface area contributed by atoms with Crippen LogP contribution in [0, 0.1) is 0 Å². The maximum atomic E-state index is 13.3. The summed E-state index contributed by atoms with van der Waals surface area (Å²) in [6, 6.07) is 8.59. The monoisotopic (exact) mass is 445 g/mol. The Kier molecular flexibility index (Phi) is 4.38. The van der Waals surface area contributed by atoms with Gasteiger partial charge in [0.05, 0.1) is 29.7 Å². The smallest absolute Gasteiger partial charge is 0.431 e. The Hall–Kier alpha value is -2.85. The van der Waals surface area contributed by atoms with Crippen molar-refractivity contribution in [3.8, 4) is 5.75 Å². The highest BCUT2D eigenvalue weighted by molar-refractivity contribution is 5.88. The summed E-state index contributed by atoms with van der Waals surface area (Å²) in [7, 11) is 0. The van der Waals surface area contributed by atoms with Crippen LogP contribution in [0.15, 0.2) is 36.7 Å². The molecule has 2 aliphatic heterocycles. The van der Waals surface area contributed by atoms with E-state index in [1.807, 2.05) is 24.3 Å². The lowest BCUT2D eigenvalue weighted by Crippen LogP contribution is -2.55. The quantitative estimate of drug-likeness (QED) is 0.640. The van der Waals surface area contributed by atoms with Crippen molar-refractivity contribution < 1.29 is 22.6 Å². The first-order valence-corrected chi connectivity index (χ1v) is 10.7. The molecule has 168 valence electrons. The molecule has 1 saturated carbocycles. The van der Waals surface area contributed by atoms with Gasteiger partial charge in [0.15, 0.2) is 0 Å². The Morgan fingerprint density at radius 2 is 2.03 bits per heavy atom. The van der Waals surface area contributed by atoms with Crippen molar-refractivity contribution >= 4 is 16.9 Å². The van der Waals surface area contributed by atoms with E-state index in [0.717, 1.165) is 43.3 Å². The van der Waals surface area contributed by atoms with Crippen LogP contribution in [0.4, 0.5) is 19.0 Å². The fourth-order valence-electron chi connectivity index (χ4n) is 4.79. The Bertz CT molecular complexity index is 1160. The molecule has 10 heteroatoms. The molecule has 3 aromatic rings. The number of anilines is 1. The molecule has 1 aromatic carbocycles. The van der Waals surface area contributed by atoms with Crippen molar-refractivity contribution in [2.45, 2.75) is 36.7 Å². The van der Waals surface area contributed by atoms with Gasteiger partial charge in [-0.05, 0) is 25.0 Å². The van der Waals surface area contributed by atoms with Gasteiger partial charge in [-0.3, -0.25) is 4.90 Å². The molecule has 1 spiro atoms. The maximum Gasteiger partial charge on any atom is 0.431 e. The molecular weight excluding hydrogens is 423 g/mol. The molecule has 7 nitrogen and oxygen atoms in total. The fourth-order valence-corrected chi connectivity index (χ4v) is 4.79. The highest BCUT2D eigenvalue weighted by atomic mass is 19.4. The number of aromatic amines is 1. The fraction of sp³-hybridized carbons (Fsp3) is 0.455. The predicted molar refractivity (Wildman–Crippen MR) is 110 cm³/mol. The number of aromatic nitrogens is 3. The lowest BCUT2D eigenvalue weighted by molar-refractivity contribution is -0.140. The molecule has 2 N–H and O–H groups in total.